The van der Waals surface area contributed by atoms with E-state index in [1.807, 2.05) is 44.4 Å². The van der Waals surface area contributed by atoms with Crippen LogP contribution in [0.5, 0.6) is 5.75 Å². The summed E-state index contributed by atoms with van der Waals surface area (Å²) in [5.74, 6) is 0.596. The molecular weight excluding hydrogens is 454 g/mol. The normalized spacial score (nSPS) is 15.0. The molecule has 0 bridgehead atoms. The first-order valence-corrected chi connectivity index (χ1v) is 12.7. The molecule has 0 spiro atoms. The van der Waals surface area contributed by atoms with E-state index in [1.54, 1.807) is 11.3 Å². The summed E-state index contributed by atoms with van der Waals surface area (Å²) in [6.45, 7) is 4.72. The third-order valence-electron chi connectivity index (χ3n) is 6.17. The molecule has 2 heterocycles. The highest BCUT2D eigenvalue weighted by molar-refractivity contribution is 7.17. The molecule has 0 saturated carbocycles. The van der Waals surface area contributed by atoms with Crippen LogP contribution < -0.4 is 10.1 Å². The van der Waals surface area contributed by atoms with Gasteiger partial charge in [0.2, 0.25) is 0 Å². The van der Waals surface area contributed by atoms with Crippen LogP contribution in [0, 0.1) is 11.3 Å². The molecule has 1 N–H and O–H groups in total. The number of rotatable bonds is 7. The van der Waals surface area contributed by atoms with Crippen LogP contribution >= 0.6 is 11.3 Å². The smallest absolute Gasteiger partial charge is 0.148 e. The first kappa shape index (κ1) is 23.2. The van der Waals surface area contributed by atoms with Crippen molar-refractivity contribution in [3.05, 3.63) is 83.2 Å². The Morgan fingerprint density at radius 3 is 2.74 bits per heavy atom. The van der Waals surface area contributed by atoms with Gasteiger partial charge in [0.1, 0.15) is 21.8 Å². The van der Waals surface area contributed by atoms with E-state index in [4.69, 9.17) is 4.74 Å². The molecule has 0 radical (unpaired) electrons. The predicted molar refractivity (Wildman–Crippen MR) is 138 cm³/mol. The van der Waals surface area contributed by atoms with Crippen molar-refractivity contribution in [2.45, 2.75) is 51.8 Å². The van der Waals surface area contributed by atoms with Crippen molar-refractivity contribution in [3.8, 4) is 33.0 Å². The number of ether oxygens (including phenoxy) is 1. The molecule has 2 aromatic carbocycles. The van der Waals surface area contributed by atoms with E-state index in [-0.39, 0.29) is 6.10 Å². The fraction of sp³-hybridized carbons (Fsp3) is 0.286. The van der Waals surface area contributed by atoms with Crippen molar-refractivity contribution in [2.75, 3.05) is 0 Å². The Bertz CT molecular complexity index is 1360. The molecule has 0 amide bonds. The maximum absolute atomic E-state index is 9.59. The lowest BCUT2D eigenvalue weighted by Crippen LogP contribution is -2.25. The fourth-order valence-electron chi connectivity index (χ4n) is 4.56. The van der Waals surface area contributed by atoms with E-state index in [2.05, 4.69) is 56.9 Å². The van der Waals surface area contributed by atoms with Crippen molar-refractivity contribution in [1.82, 2.24) is 20.5 Å². The molecule has 6 nitrogen and oxygen atoms in total. The third kappa shape index (κ3) is 5.09. The highest BCUT2D eigenvalue weighted by Gasteiger charge is 2.24. The Morgan fingerprint density at radius 2 is 1.94 bits per heavy atom. The molecule has 1 unspecified atom stereocenters. The zero-order valence-corrected chi connectivity index (χ0v) is 20.7. The van der Waals surface area contributed by atoms with Gasteiger partial charge in [-0.3, -0.25) is 4.98 Å². The molecular formula is C28H27N5OS. The highest BCUT2D eigenvalue weighted by atomic mass is 32.1. The van der Waals surface area contributed by atoms with Gasteiger partial charge >= 0.3 is 0 Å². The largest absolute Gasteiger partial charge is 0.490 e. The van der Waals surface area contributed by atoms with Gasteiger partial charge in [-0.25, -0.2) is 0 Å². The van der Waals surface area contributed by atoms with Gasteiger partial charge in [-0.15, -0.1) is 10.2 Å². The van der Waals surface area contributed by atoms with Crippen LogP contribution in [0.15, 0.2) is 60.9 Å². The number of fused-ring (bicyclic) bond motifs is 1. The van der Waals surface area contributed by atoms with Crippen molar-refractivity contribution >= 4 is 11.3 Å². The summed E-state index contributed by atoms with van der Waals surface area (Å²) in [5.41, 5.74) is 6.48. The number of benzene rings is 2. The molecule has 0 aliphatic heterocycles. The average Bonchev–Trinajstić information content (AvgIpc) is 3.38. The quantitative estimate of drug-likeness (QED) is 0.344. The SMILES string of the molecule is CC(C)Oc1ccc(-c2nnc(-c3cccc4c3CCCC4NCc3ccncc3)s2)cc1C#N. The number of nitrogens with zero attached hydrogens (tertiary/aromatic N) is 4. The fourth-order valence-corrected chi connectivity index (χ4v) is 5.45. The number of nitriles is 1. The van der Waals surface area contributed by atoms with E-state index < -0.39 is 0 Å². The molecule has 176 valence electrons. The summed E-state index contributed by atoms with van der Waals surface area (Å²) in [4.78, 5) is 4.11. The molecule has 0 fully saturated rings. The first-order valence-electron chi connectivity index (χ1n) is 11.9. The summed E-state index contributed by atoms with van der Waals surface area (Å²) >= 11 is 1.56. The third-order valence-corrected chi connectivity index (χ3v) is 7.18. The van der Waals surface area contributed by atoms with Crippen LogP contribution in [0.4, 0.5) is 0 Å². The number of aromatic nitrogens is 3. The van der Waals surface area contributed by atoms with Crippen molar-refractivity contribution in [3.63, 3.8) is 0 Å². The summed E-state index contributed by atoms with van der Waals surface area (Å²) < 4.78 is 5.76. The van der Waals surface area contributed by atoms with E-state index in [0.29, 0.717) is 17.4 Å². The summed E-state index contributed by atoms with van der Waals surface area (Å²) in [7, 11) is 0. The van der Waals surface area contributed by atoms with E-state index >= 15 is 0 Å². The molecule has 5 rings (SSSR count). The van der Waals surface area contributed by atoms with Crippen LogP contribution in [-0.4, -0.2) is 21.3 Å². The Labute approximate surface area is 209 Å². The second-order valence-electron chi connectivity index (χ2n) is 8.96. The van der Waals surface area contributed by atoms with E-state index in [1.165, 1.54) is 16.7 Å². The molecule has 1 atom stereocenters. The Kier molecular flexibility index (Phi) is 6.84. The maximum Gasteiger partial charge on any atom is 0.148 e. The van der Waals surface area contributed by atoms with Gasteiger partial charge in [0.15, 0.2) is 0 Å². The number of nitrogens with one attached hydrogen (secondary N) is 1. The van der Waals surface area contributed by atoms with E-state index in [0.717, 1.165) is 46.9 Å². The zero-order chi connectivity index (χ0) is 24.2. The van der Waals surface area contributed by atoms with Gasteiger partial charge in [0.25, 0.3) is 0 Å². The van der Waals surface area contributed by atoms with Gasteiger partial charge < -0.3 is 10.1 Å². The van der Waals surface area contributed by atoms with Crippen molar-refractivity contribution < 1.29 is 4.74 Å². The Balaban J connectivity index is 1.41. The minimum atomic E-state index is 0.00774. The lowest BCUT2D eigenvalue weighted by Gasteiger charge is -2.28. The summed E-state index contributed by atoms with van der Waals surface area (Å²) in [6.07, 6.45) is 6.96. The summed E-state index contributed by atoms with van der Waals surface area (Å²) in [5, 5.41) is 24.0. The molecule has 1 aliphatic rings. The molecule has 0 saturated heterocycles. The van der Waals surface area contributed by atoms with Gasteiger partial charge in [-0.2, -0.15) is 5.26 Å². The number of hydrogen-bond donors (Lipinski definition) is 1. The topological polar surface area (TPSA) is 83.7 Å². The van der Waals surface area contributed by atoms with Gasteiger partial charge in [-0.05, 0) is 80.1 Å². The average molecular weight is 482 g/mol. The van der Waals surface area contributed by atoms with Gasteiger partial charge in [0.05, 0.1) is 11.7 Å². The van der Waals surface area contributed by atoms with Crippen LogP contribution in [0.1, 0.15) is 55.0 Å². The minimum absolute atomic E-state index is 0.00774. The monoisotopic (exact) mass is 481 g/mol. The number of hydrogen-bond acceptors (Lipinski definition) is 7. The molecule has 1 aliphatic carbocycles. The number of pyridine rings is 1. The standard InChI is InChI=1S/C28H27N5OS/c1-18(2)34-26-10-9-20(15-21(26)16-29)27-32-33-28(35-27)24-7-3-6-23-22(24)5-4-8-25(23)31-17-19-11-13-30-14-12-19/h3,6-7,9-15,18,25,31H,4-5,8,17H2,1-2H3. The van der Waals surface area contributed by atoms with Crippen LogP contribution in [0.25, 0.3) is 21.1 Å². The molecule has 2 aromatic heterocycles. The Morgan fingerprint density at radius 1 is 1.11 bits per heavy atom. The highest BCUT2D eigenvalue weighted by Crippen LogP contribution is 2.39. The van der Waals surface area contributed by atoms with Gasteiger partial charge in [-0.1, -0.05) is 29.5 Å². The molecule has 7 heteroatoms. The predicted octanol–water partition coefficient (Wildman–Crippen LogP) is 6.09. The molecule has 35 heavy (non-hydrogen) atoms. The zero-order valence-electron chi connectivity index (χ0n) is 19.9. The minimum Gasteiger partial charge on any atom is -0.490 e. The van der Waals surface area contributed by atoms with Crippen LogP contribution in [-0.2, 0) is 13.0 Å². The van der Waals surface area contributed by atoms with Crippen molar-refractivity contribution in [2.24, 2.45) is 0 Å². The first-order chi connectivity index (χ1) is 17.1. The molecule has 4 aromatic rings. The lowest BCUT2D eigenvalue weighted by molar-refractivity contribution is 0.242. The lowest BCUT2D eigenvalue weighted by atomic mass is 9.85. The maximum atomic E-state index is 9.59. The second kappa shape index (κ2) is 10.3. The van der Waals surface area contributed by atoms with E-state index in [9.17, 15) is 5.26 Å². The van der Waals surface area contributed by atoms with Gasteiger partial charge in [0, 0.05) is 36.1 Å². The van der Waals surface area contributed by atoms with Crippen LogP contribution in [0.2, 0.25) is 0 Å². The Hall–Kier alpha value is -3.60. The summed E-state index contributed by atoms with van der Waals surface area (Å²) in [6, 6.07) is 18.8. The van der Waals surface area contributed by atoms with Crippen molar-refractivity contribution in [1.29, 1.82) is 5.26 Å². The van der Waals surface area contributed by atoms with Crippen LogP contribution in [0.3, 0.4) is 0 Å². The second-order valence-corrected chi connectivity index (χ2v) is 9.93.